The summed E-state index contributed by atoms with van der Waals surface area (Å²) in [4.78, 5) is 15.4. The Hall–Kier alpha value is -1.55. The van der Waals surface area contributed by atoms with Crippen molar-refractivity contribution in [3.63, 3.8) is 0 Å². The molecule has 2 heterocycles. The number of nitrogens with zero attached hydrogens (tertiary/aromatic N) is 1. The van der Waals surface area contributed by atoms with Gasteiger partial charge in [-0.1, -0.05) is 31.0 Å². The lowest BCUT2D eigenvalue weighted by atomic mass is 9.67. The van der Waals surface area contributed by atoms with Gasteiger partial charge in [0, 0.05) is 31.4 Å². The Morgan fingerprint density at radius 1 is 1.22 bits per heavy atom. The smallest absolute Gasteiger partial charge is 0.228 e. The lowest BCUT2D eigenvalue weighted by Gasteiger charge is -2.37. The molecule has 0 bridgehead atoms. The van der Waals surface area contributed by atoms with E-state index in [9.17, 15) is 4.79 Å². The van der Waals surface area contributed by atoms with Crippen molar-refractivity contribution in [1.82, 2.24) is 10.6 Å². The molecule has 1 aromatic carbocycles. The molecule has 0 aromatic heterocycles. The molecule has 3 aliphatic rings. The lowest BCUT2D eigenvalue weighted by Crippen LogP contribution is -2.51. The predicted molar refractivity (Wildman–Crippen MR) is 92.5 cm³/mol. The van der Waals surface area contributed by atoms with Gasteiger partial charge in [0.15, 0.2) is 0 Å². The molecule has 1 amide bonds. The van der Waals surface area contributed by atoms with Crippen LogP contribution in [-0.4, -0.2) is 38.1 Å². The normalized spacial score (nSPS) is 33.5. The zero-order valence-electron chi connectivity index (χ0n) is 13.8. The fourth-order valence-electron chi connectivity index (χ4n) is 4.77. The third-order valence-corrected chi connectivity index (χ3v) is 6.14. The summed E-state index contributed by atoms with van der Waals surface area (Å²) in [5.74, 6) is 0.856. The molecule has 2 aliphatic heterocycles. The molecule has 3 fully saturated rings. The van der Waals surface area contributed by atoms with Gasteiger partial charge in [0.05, 0.1) is 5.41 Å². The van der Waals surface area contributed by atoms with E-state index in [1.165, 1.54) is 24.9 Å². The minimum atomic E-state index is -0.127. The first-order chi connectivity index (χ1) is 11.3. The predicted octanol–water partition coefficient (Wildman–Crippen LogP) is 2.16. The molecule has 1 saturated carbocycles. The van der Waals surface area contributed by atoms with Gasteiger partial charge in [-0.05, 0) is 43.9 Å². The number of anilines is 1. The Bertz CT molecular complexity index is 561. The van der Waals surface area contributed by atoms with Crippen LogP contribution in [-0.2, 0) is 4.79 Å². The van der Waals surface area contributed by atoms with Gasteiger partial charge in [-0.25, -0.2) is 0 Å². The maximum atomic E-state index is 13.0. The van der Waals surface area contributed by atoms with Crippen LogP contribution in [0.4, 0.5) is 5.69 Å². The monoisotopic (exact) mass is 313 g/mol. The van der Waals surface area contributed by atoms with E-state index in [2.05, 4.69) is 39.8 Å². The van der Waals surface area contributed by atoms with Crippen LogP contribution in [0.25, 0.3) is 0 Å². The third kappa shape index (κ3) is 2.74. The van der Waals surface area contributed by atoms with Crippen molar-refractivity contribution < 1.29 is 4.79 Å². The molecule has 1 unspecified atom stereocenters. The second-order valence-electron chi connectivity index (χ2n) is 7.47. The first kappa shape index (κ1) is 15.0. The Labute approximate surface area is 138 Å². The largest absolute Gasteiger partial charge is 0.369 e. The lowest BCUT2D eigenvalue weighted by molar-refractivity contribution is -0.134. The highest BCUT2D eigenvalue weighted by atomic mass is 16.2. The zero-order valence-corrected chi connectivity index (χ0v) is 13.8. The Morgan fingerprint density at radius 2 is 2.09 bits per heavy atom. The van der Waals surface area contributed by atoms with Crippen LogP contribution in [0.2, 0.25) is 0 Å². The summed E-state index contributed by atoms with van der Waals surface area (Å²) >= 11 is 0. The van der Waals surface area contributed by atoms with E-state index in [1.807, 2.05) is 6.07 Å². The maximum Gasteiger partial charge on any atom is 0.228 e. The van der Waals surface area contributed by atoms with E-state index in [-0.39, 0.29) is 5.41 Å². The molecular weight excluding hydrogens is 286 g/mol. The van der Waals surface area contributed by atoms with Crippen molar-refractivity contribution in [3.05, 3.63) is 30.3 Å². The highest BCUT2D eigenvalue weighted by Crippen LogP contribution is 2.44. The van der Waals surface area contributed by atoms with Crippen LogP contribution in [0.5, 0.6) is 0 Å². The molecule has 4 nitrogen and oxygen atoms in total. The van der Waals surface area contributed by atoms with E-state index in [4.69, 9.17) is 0 Å². The molecule has 1 aromatic rings. The van der Waals surface area contributed by atoms with E-state index in [0.29, 0.717) is 17.9 Å². The summed E-state index contributed by atoms with van der Waals surface area (Å²) in [5.41, 5.74) is 1.14. The number of carbonyl (C=O) groups is 1. The summed E-state index contributed by atoms with van der Waals surface area (Å²) in [6.07, 6.45) is 5.81. The van der Waals surface area contributed by atoms with Gasteiger partial charge < -0.3 is 15.5 Å². The van der Waals surface area contributed by atoms with E-state index >= 15 is 0 Å². The molecule has 3 atom stereocenters. The zero-order chi connectivity index (χ0) is 15.7. The van der Waals surface area contributed by atoms with Crippen LogP contribution in [0.1, 0.15) is 32.1 Å². The molecule has 23 heavy (non-hydrogen) atoms. The Morgan fingerprint density at radius 3 is 2.96 bits per heavy atom. The molecule has 0 spiro atoms. The standard InChI is InChI=1S/C19H27N3O/c23-18(19-10-5-4-6-15(19)12-20-14-19)21-16-9-11-22(13-16)17-7-2-1-3-8-17/h1-3,7-8,15-16,20H,4-6,9-14H2,(H,21,23)/t15-,16?,19+/m0/s1. The van der Waals surface area contributed by atoms with Crippen LogP contribution >= 0.6 is 0 Å². The summed E-state index contributed by atoms with van der Waals surface area (Å²) < 4.78 is 0. The van der Waals surface area contributed by atoms with Gasteiger partial charge in [-0.2, -0.15) is 0 Å². The average Bonchev–Trinajstić information content (AvgIpc) is 3.23. The van der Waals surface area contributed by atoms with Crippen molar-refractivity contribution in [2.75, 3.05) is 31.1 Å². The van der Waals surface area contributed by atoms with E-state index in [0.717, 1.165) is 39.0 Å². The molecule has 0 radical (unpaired) electrons. The SMILES string of the molecule is O=C(NC1CCN(c2ccccc2)C1)[C@@]12CCCC[C@H]1CNC2. The van der Waals surface area contributed by atoms with Crippen LogP contribution < -0.4 is 15.5 Å². The number of para-hydroxylation sites is 1. The van der Waals surface area contributed by atoms with Gasteiger partial charge in [-0.15, -0.1) is 0 Å². The number of benzene rings is 1. The summed E-state index contributed by atoms with van der Waals surface area (Å²) in [5, 5.41) is 6.86. The quantitative estimate of drug-likeness (QED) is 0.899. The van der Waals surface area contributed by atoms with E-state index in [1.54, 1.807) is 0 Å². The second-order valence-corrected chi connectivity index (χ2v) is 7.47. The fraction of sp³-hybridized carbons (Fsp3) is 0.632. The second kappa shape index (κ2) is 6.16. The Kier molecular flexibility index (Phi) is 4.02. The number of rotatable bonds is 3. The van der Waals surface area contributed by atoms with Gasteiger partial charge >= 0.3 is 0 Å². The summed E-state index contributed by atoms with van der Waals surface area (Å²) in [6, 6.07) is 10.8. The maximum absolute atomic E-state index is 13.0. The highest BCUT2D eigenvalue weighted by molar-refractivity contribution is 5.84. The van der Waals surface area contributed by atoms with Crippen LogP contribution in [0.15, 0.2) is 30.3 Å². The number of hydrogen-bond donors (Lipinski definition) is 2. The van der Waals surface area contributed by atoms with Gasteiger partial charge in [0.25, 0.3) is 0 Å². The molecule has 1 aliphatic carbocycles. The topological polar surface area (TPSA) is 44.4 Å². The van der Waals surface area contributed by atoms with Crippen LogP contribution in [0, 0.1) is 11.3 Å². The van der Waals surface area contributed by atoms with Crippen molar-refractivity contribution in [3.8, 4) is 0 Å². The molecule has 124 valence electrons. The molecule has 4 rings (SSSR count). The highest BCUT2D eigenvalue weighted by Gasteiger charge is 2.50. The minimum absolute atomic E-state index is 0.127. The van der Waals surface area contributed by atoms with Crippen molar-refractivity contribution >= 4 is 11.6 Å². The summed E-state index contributed by atoms with van der Waals surface area (Å²) in [6.45, 7) is 3.86. The molecule has 4 heteroatoms. The fourth-order valence-corrected chi connectivity index (χ4v) is 4.77. The number of carbonyl (C=O) groups excluding carboxylic acids is 1. The minimum Gasteiger partial charge on any atom is -0.369 e. The first-order valence-electron chi connectivity index (χ1n) is 9.10. The van der Waals surface area contributed by atoms with Gasteiger partial charge in [0.1, 0.15) is 0 Å². The summed E-state index contributed by atoms with van der Waals surface area (Å²) in [7, 11) is 0. The molecule has 2 saturated heterocycles. The molecular formula is C19H27N3O. The van der Waals surface area contributed by atoms with Gasteiger partial charge in [-0.3, -0.25) is 4.79 Å². The van der Waals surface area contributed by atoms with E-state index < -0.39 is 0 Å². The van der Waals surface area contributed by atoms with Crippen molar-refractivity contribution in [2.24, 2.45) is 11.3 Å². The van der Waals surface area contributed by atoms with Gasteiger partial charge in [0.2, 0.25) is 5.91 Å². The van der Waals surface area contributed by atoms with Crippen molar-refractivity contribution in [1.29, 1.82) is 0 Å². The number of hydrogen-bond acceptors (Lipinski definition) is 3. The number of nitrogens with one attached hydrogen (secondary N) is 2. The first-order valence-corrected chi connectivity index (χ1v) is 9.10. The number of amides is 1. The number of fused-ring (bicyclic) bond motifs is 1. The van der Waals surface area contributed by atoms with Crippen molar-refractivity contribution in [2.45, 2.75) is 38.1 Å². The Balaban J connectivity index is 1.40. The van der Waals surface area contributed by atoms with Crippen LogP contribution in [0.3, 0.4) is 0 Å². The third-order valence-electron chi connectivity index (χ3n) is 6.14. The molecule has 2 N–H and O–H groups in total. The average molecular weight is 313 g/mol.